The molecule has 0 spiro atoms. The molecule has 9 nitrogen and oxygen atoms in total. The molecule has 0 aliphatic rings. The van der Waals surface area contributed by atoms with E-state index in [0.29, 0.717) is 17.3 Å². The van der Waals surface area contributed by atoms with Crippen LogP contribution in [0.3, 0.4) is 0 Å². The van der Waals surface area contributed by atoms with Crippen LogP contribution in [0.2, 0.25) is 0 Å². The summed E-state index contributed by atoms with van der Waals surface area (Å²) in [5.74, 6) is 1.08. The van der Waals surface area contributed by atoms with Gasteiger partial charge in [0.1, 0.15) is 11.5 Å². The molecular weight excluding hydrogens is 376 g/mol. The fourth-order valence-electron chi connectivity index (χ4n) is 2.85. The number of nitrogens with zero attached hydrogens (tertiary/aromatic N) is 3. The molecule has 0 fully saturated rings. The summed E-state index contributed by atoms with van der Waals surface area (Å²) in [5, 5.41) is 10.2. The average Bonchev–Trinajstić information content (AvgIpc) is 3.33. The highest BCUT2D eigenvalue weighted by Gasteiger charge is 2.18. The summed E-state index contributed by atoms with van der Waals surface area (Å²) in [6.45, 7) is 8.86. The predicted molar refractivity (Wildman–Crippen MR) is 104 cm³/mol. The molecule has 1 N–H and O–H groups in total. The fourth-order valence-corrected chi connectivity index (χ4v) is 2.85. The average molecular weight is 398 g/mol. The summed E-state index contributed by atoms with van der Waals surface area (Å²) < 4.78 is 17.1. The van der Waals surface area contributed by atoms with Crippen LogP contribution in [0.5, 0.6) is 0 Å². The van der Waals surface area contributed by atoms with Crippen molar-refractivity contribution in [3.8, 4) is 5.82 Å². The molecule has 0 aromatic carbocycles. The predicted octanol–water partition coefficient (Wildman–Crippen LogP) is 3.27. The lowest BCUT2D eigenvalue weighted by Crippen LogP contribution is -2.29. The van der Waals surface area contributed by atoms with Gasteiger partial charge in [-0.3, -0.25) is 9.36 Å². The van der Waals surface area contributed by atoms with Gasteiger partial charge >= 0.3 is 5.97 Å². The minimum atomic E-state index is -0.991. The van der Waals surface area contributed by atoms with E-state index in [1.165, 1.54) is 13.0 Å². The molecule has 1 amide bonds. The quantitative estimate of drug-likeness (QED) is 0.501. The topological polar surface area (TPSA) is 112 Å². The Morgan fingerprint density at radius 2 is 1.79 bits per heavy atom. The van der Waals surface area contributed by atoms with Gasteiger partial charge < -0.3 is 19.1 Å². The van der Waals surface area contributed by atoms with E-state index < -0.39 is 18.0 Å². The SMILES string of the molecule is Cc1cc(NC(=O)[C@@H](C)OC(=O)/C=C/c2cc(C)n(-c3cc(C)on3)c2C)no1. The van der Waals surface area contributed by atoms with Gasteiger partial charge in [-0.2, -0.15) is 0 Å². The summed E-state index contributed by atoms with van der Waals surface area (Å²) in [6, 6.07) is 5.32. The third-order valence-corrected chi connectivity index (χ3v) is 4.26. The van der Waals surface area contributed by atoms with Crippen LogP contribution in [0.1, 0.15) is 35.4 Å². The number of aryl methyl sites for hydroxylation is 3. The molecule has 0 aliphatic heterocycles. The summed E-state index contributed by atoms with van der Waals surface area (Å²) in [4.78, 5) is 24.2. The summed E-state index contributed by atoms with van der Waals surface area (Å²) in [7, 11) is 0. The van der Waals surface area contributed by atoms with Crippen LogP contribution < -0.4 is 5.32 Å². The van der Waals surface area contributed by atoms with Crippen molar-refractivity contribution in [2.24, 2.45) is 0 Å². The Morgan fingerprint density at radius 1 is 1.10 bits per heavy atom. The molecule has 0 radical (unpaired) electrons. The van der Waals surface area contributed by atoms with Gasteiger partial charge in [-0.15, -0.1) is 0 Å². The van der Waals surface area contributed by atoms with E-state index in [1.807, 2.05) is 37.5 Å². The molecule has 0 unspecified atom stereocenters. The molecule has 9 heteroatoms. The van der Waals surface area contributed by atoms with Crippen molar-refractivity contribution in [3.63, 3.8) is 0 Å². The second-order valence-electron chi connectivity index (χ2n) is 6.68. The largest absolute Gasteiger partial charge is 0.449 e. The van der Waals surface area contributed by atoms with Crippen molar-refractivity contribution in [1.82, 2.24) is 14.9 Å². The zero-order valence-corrected chi connectivity index (χ0v) is 16.8. The van der Waals surface area contributed by atoms with Crippen LogP contribution >= 0.6 is 0 Å². The van der Waals surface area contributed by atoms with Crippen LogP contribution in [0, 0.1) is 27.7 Å². The molecule has 0 aliphatic carbocycles. The van der Waals surface area contributed by atoms with Gasteiger partial charge in [-0.1, -0.05) is 10.3 Å². The maximum absolute atomic E-state index is 12.1. The second kappa shape index (κ2) is 8.17. The Kier molecular flexibility index (Phi) is 5.67. The van der Waals surface area contributed by atoms with Gasteiger partial charge in [0.25, 0.3) is 5.91 Å². The van der Waals surface area contributed by atoms with Crippen molar-refractivity contribution in [2.75, 3.05) is 5.32 Å². The van der Waals surface area contributed by atoms with E-state index in [0.717, 1.165) is 17.0 Å². The molecule has 3 aromatic rings. The molecule has 0 bridgehead atoms. The van der Waals surface area contributed by atoms with Gasteiger partial charge in [-0.05, 0) is 52.3 Å². The monoisotopic (exact) mass is 398 g/mol. The van der Waals surface area contributed by atoms with Gasteiger partial charge in [0.2, 0.25) is 0 Å². The van der Waals surface area contributed by atoms with E-state index in [1.54, 1.807) is 19.1 Å². The minimum Gasteiger partial charge on any atom is -0.449 e. The lowest BCUT2D eigenvalue weighted by Gasteiger charge is -2.10. The normalized spacial score (nSPS) is 12.3. The van der Waals surface area contributed by atoms with E-state index in [9.17, 15) is 9.59 Å². The Balaban J connectivity index is 1.64. The number of esters is 1. The van der Waals surface area contributed by atoms with Crippen LogP contribution in [-0.4, -0.2) is 32.9 Å². The summed E-state index contributed by atoms with van der Waals surface area (Å²) >= 11 is 0. The Bertz CT molecular complexity index is 1070. The summed E-state index contributed by atoms with van der Waals surface area (Å²) in [5.41, 5.74) is 2.67. The smallest absolute Gasteiger partial charge is 0.331 e. The van der Waals surface area contributed by atoms with Crippen LogP contribution in [-0.2, 0) is 14.3 Å². The first kappa shape index (κ1) is 20.1. The highest BCUT2D eigenvalue weighted by atomic mass is 16.5. The Hall–Kier alpha value is -3.62. The van der Waals surface area contributed by atoms with Crippen LogP contribution in [0.25, 0.3) is 11.9 Å². The molecule has 1 atom stereocenters. The first-order chi connectivity index (χ1) is 13.7. The van der Waals surface area contributed by atoms with Crippen molar-refractivity contribution in [3.05, 3.63) is 52.7 Å². The number of rotatable bonds is 6. The number of aromatic nitrogens is 3. The molecule has 3 rings (SSSR count). The number of carbonyl (C=O) groups excluding carboxylic acids is 2. The molecular formula is C20H22N4O5. The van der Waals surface area contributed by atoms with E-state index >= 15 is 0 Å². The lowest BCUT2D eigenvalue weighted by atomic mass is 10.2. The molecule has 152 valence electrons. The fraction of sp³-hybridized carbons (Fsp3) is 0.300. The number of hydrogen-bond donors (Lipinski definition) is 1. The number of anilines is 1. The first-order valence-electron chi connectivity index (χ1n) is 9.00. The third kappa shape index (κ3) is 4.63. The number of ether oxygens (including phenoxy) is 1. The highest BCUT2D eigenvalue weighted by Crippen LogP contribution is 2.21. The second-order valence-corrected chi connectivity index (χ2v) is 6.68. The van der Waals surface area contributed by atoms with Crippen LogP contribution in [0.4, 0.5) is 5.82 Å². The maximum atomic E-state index is 12.1. The van der Waals surface area contributed by atoms with Gasteiger partial charge in [0.15, 0.2) is 17.7 Å². The first-order valence-corrected chi connectivity index (χ1v) is 9.00. The molecule has 3 heterocycles. The zero-order chi connectivity index (χ0) is 21.1. The van der Waals surface area contributed by atoms with Gasteiger partial charge in [-0.25, -0.2) is 4.79 Å². The van der Waals surface area contributed by atoms with Gasteiger partial charge in [0.05, 0.1) is 0 Å². The minimum absolute atomic E-state index is 0.265. The van der Waals surface area contributed by atoms with Crippen molar-refractivity contribution in [1.29, 1.82) is 0 Å². The molecule has 0 saturated heterocycles. The maximum Gasteiger partial charge on any atom is 0.331 e. The number of carbonyl (C=O) groups is 2. The Morgan fingerprint density at radius 3 is 2.41 bits per heavy atom. The summed E-state index contributed by atoms with van der Waals surface area (Å²) in [6.07, 6.45) is 1.93. The standard InChI is InChI=1S/C20H22N4O5/c1-11-8-16(14(4)24(11)18-10-13(3)29-23-18)6-7-19(25)27-15(5)20(26)21-17-9-12(2)28-22-17/h6-10,15H,1-5H3,(H,21,22,26)/b7-6+/t15-/m1/s1. The molecule has 0 saturated carbocycles. The third-order valence-electron chi connectivity index (χ3n) is 4.26. The zero-order valence-electron chi connectivity index (χ0n) is 16.8. The molecule has 3 aromatic heterocycles. The van der Waals surface area contributed by atoms with Crippen molar-refractivity contribution in [2.45, 2.75) is 40.7 Å². The highest BCUT2D eigenvalue weighted by molar-refractivity contribution is 5.96. The van der Waals surface area contributed by atoms with E-state index in [-0.39, 0.29) is 5.82 Å². The van der Waals surface area contributed by atoms with E-state index in [2.05, 4.69) is 15.6 Å². The number of amides is 1. The number of hydrogen-bond acceptors (Lipinski definition) is 7. The lowest BCUT2D eigenvalue weighted by molar-refractivity contribution is -0.148. The Labute approximate surface area is 167 Å². The number of nitrogens with one attached hydrogen (secondary N) is 1. The van der Waals surface area contributed by atoms with Gasteiger partial charge in [0, 0.05) is 29.6 Å². The van der Waals surface area contributed by atoms with Crippen molar-refractivity contribution < 1.29 is 23.4 Å². The molecule has 29 heavy (non-hydrogen) atoms. The van der Waals surface area contributed by atoms with E-state index in [4.69, 9.17) is 13.8 Å². The van der Waals surface area contributed by atoms with Crippen LogP contribution in [0.15, 0.2) is 33.3 Å². The van der Waals surface area contributed by atoms with Crippen molar-refractivity contribution >= 4 is 23.8 Å².